The monoisotopic (exact) mass is 359 g/mol. The Kier molecular flexibility index (Phi) is 6.03. The van der Waals surface area contributed by atoms with Crippen LogP contribution in [0.25, 0.3) is 0 Å². The van der Waals surface area contributed by atoms with Crippen LogP contribution in [-0.4, -0.2) is 45.0 Å². The number of benzene rings is 1. The summed E-state index contributed by atoms with van der Waals surface area (Å²) < 4.78 is 10.7. The van der Waals surface area contributed by atoms with E-state index >= 15 is 0 Å². The minimum absolute atomic E-state index is 0.246. The van der Waals surface area contributed by atoms with E-state index in [1.807, 2.05) is 13.0 Å². The predicted octanol–water partition coefficient (Wildman–Crippen LogP) is 2.75. The quantitative estimate of drug-likeness (QED) is 0.636. The first kappa shape index (κ1) is 17.4. The number of carbonyl (C=O) groups is 1. The zero-order valence-corrected chi connectivity index (χ0v) is 14.9. The van der Waals surface area contributed by atoms with E-state index in [2.05, 4.69) is 21.5 Å². The van der Waals surface area contributed by atoms with Crippen LogP contribution in [-0.2, 0) is 4.74 Å². The van der Waals surface area contributed by atoms with Gasteiger partial charge in [-0.3, -0.25) is 4.79 Å². The number of hydrogen-bond acceptors (Lipinski definition) is 6. The van der Waals surface area contributed by atoms with Gasteiger partial charge in [-0.25, -0.2) is 5.43 Å². The van der Waals surface area contributed by atoms with Crippen molar-refractivity contribution in [3.8, 4) is 5.75 Å². The Hall–Kier alpha value is -2.38. The highest BCUT2D eigenvalue weighted by Crippen LogP contribution is 2.25. The average Bonchev–Trinajstić information content (AvgIpc) is 3.12. The van der Waals surface area contributed by atoms with Crippen LogP contribution in [0.2, 0.25) is 0 Å². The highest BCUT2D eigenvalue weighted by molar-refractivity contribution is 7.17. The Morgan fingerprint density at radius 1 is 1.28 bits per heavy atom. The van der Waals surface area contributed by atoms with Crippen molar-refractivity contribution in [2.24, 2.45) is 5.10 Å². The van der Waals surface area contributed by atoms with E-state index in [1.54, 1.807) is 41.8 Å². The van der Waals surface area contributed by atoms with Gasteiger partial charge in [0.15, 0.2) is 0 Å². The minimum atomic E-state index is -0.246. The molecule has 3 rings (SSSR count). The molecule has 1 aliphatic rings. The summed E-state index contributed by atoms with van der Waals surface area (Å²) in [5.41, 5.74) is 3.09. The fraction of sp³-hybridized carbons (Fsp3) is 0.333. The maximum Gasteiger partial charge on any atom is 0.271 e. The lowest BCUT2D eigenvalue weighted by molar-refractivity contribution is 0.0955. The number of thiophene rings is 1. The van der Waals surface area contributed by atoms with Crippen LogP contribution in [0.5, 0.6) is 5.75 Å². The molecule has 132 valence electrons. The van der Waals surface area contributed by atoms with Gasteiger partial charge >= 0.3 is 0 Å². The number of nitrogens with zero attached hydrogens (tertiary/aromatic N) is 2. The van der Waals surface area contributed by atoms with Crippen molar-refractivity contribution in [2.45, 2.75) is 6.92 Å². The lowest BCUT2D eigenvalue weighted by atomic mass is 10.2. The molecule has 1 saturated heterocycles. The number of nitrogens with one attached hydrogen (secondary N) is 1. The number of hydrogen-bond donors (Lipinski definition) is 1. The summed E-state index contributed by atoms with van der Waals surface area (Å²) in [6, 6.07) is 11.1. The summed E-state index contributed by atoms with van der Waals surface area (Å²) in [7, 11) is 0. The fourth-order valence-electron chi connectivity index (χ4n) is 2.45. The highest BCUT2D eigenvalue weighted by Gasteiger charge is 2.12. The van der Waals surface area contributed by atoms with E-state index in [1.165, 1.54) is 5.00 Å². The van der Waals surface area contributed by atoms with Crippen LogP contribution in [0, 0.1) is 0 Å². The van der Waals surface area contributed by atoms with Gasteiger partial charge in [0.05, 0.1) is 31.0 Å². The normalized spacial score (nSPS) is 14.7. The smallest absolute Gasteiger partial charge is 0.271 e. The van der Waals surface area contributed by atoms with Gasteiger partial charge in [-0.2, -0.15) is 5.10 Å². The van der Waals surface area contributed by atoms with Crippen molar-refractivity contribution < 1.29 is 14.3 Å². The number of anilines is 1. The topological polar surface area (TPSA) is 63.2 Å². The molecule has 1 aromatic carbocycles. The molecule has 1 aromatic heterocycles. The third-order valence-electron chi connectivity index (χ3n) is 3.72. The summed E-state index contributed by atoms with van der Waals surface area (Å²) in [4.78, 5) is 15.4. The average molecular weight is 359 g/mol. The van der Waals surface area contributed by atoms with Gasteiger partial charge in [-0.05, 0) is 43.3 Å². The third kappa shape index (κ3) is 4.80. The molecule has 0 saturated carbocycles. The summed E-state index contributed by atoms with van der Waals surface area (Å²) >= 11 is 1.65. The molecule has 0 radical (unpaired) electrons. The van der Waals surface area contributed by atoms with Crippen molar-refractivity contribution >= 4 is 28.5 Å². The minimum Gasteiger partial charge on any atom is -0.494 e. The highest BCUT2D eigenvalue weighted by atomic mass is 32.1. The van der Waals surface area contributed by atoms with Gasteiger partial charge in [-0.15, -0.1) is 11.3 Å². The van der Waals surface area contributed by atoms with E-state index in [4.69, 9.17) is 9.47 Å². The maximum absolute atomic E-state index is 12.1. The van der Waals surface area contributed by atoms with Crippen LogP contribution < -0.4 is 15.1 Å². The van der Waals surface area contributed by atoms with Crippen molar-refractivity contribution in [3.63, 3.8) is 0 Å². The summed E-state index contributed by atoms with van der Waals surface area (Å²) in [5.74, 6) is 0.501. The molecule has 0 aliphatic carbocycles. The molecule has 0 spiro atoms. The van der Waals surface area contributed by atoms with Crippen LogP contribution in [0.4, 0.5) is 5.00 Å². The molecule has 2 heterocycles. The Labute approximate surface area is 151 Å². The second-order valence-electron chi connectivity index (χ2n) is 5.43. The Morgan fingerprint density at radius 2 is 2.04 bits per heavy atom. The van der Waals surface area contributed by atoms with Gasteiger partial charge in [0.25, 0.3) is 5.91 Å². The van der Waals surface area contributed by atoms with Crippen molar-refractivity contribution in [1.82, 2.24) is 5.43 Å². The summed E-state index contributed by atoms with van der Waals surface area (Å²) in [6.45, 7) is 5.86. The van der Waals surface area contributed by atoms with Crippen LogP contribution in [0.3, 0.4) is 0 Å². The molecule has 0 atom stereocenters. The zero-order valence-electron chi connectivity index (χ0n) is 14.1. The molecule has 6 nitrogen and oxygen atoms in total. The number of ether oxygens (including phenoxy) is 2. The molecule has 0 bridgehead atoms. The molecule has 2 aromatic rings. The number of rotatable bonds is 6. The van der Waals surface area contributed by atoms with E-state index in [-0.39, 0.29) is 5.91 Å². The van der Waals surface area contributed by atoms with Crippen LogP contribution >= 0.6 is 11.3 Å². The SMILES string of the molecule is CCOc1ccc(C(=O)N/N=C/c2ccc(N3CCOCC3)s2)cc1. The molecular weight excluding hydrogens is 338 g/mol. The zero-order chi connectivity index (χ0) is 17.5. The second-order valence-corrected chi connectivity index (χ2v) is 6.53. The Bertz CT molecular complexity index is 721. The summed E-state index contributed by atoms with van der Waals surface area (Å²) in [5, 5.41) is 5.24. The predicted molar refractivity (Wildman–Crippen MR) is 100 cm³/mol. The third-order valence-corrected chi connectivity index (χ3v) is 4.80. The first-order chi connectivity index (χ1) is 12.3. The number of amides is 1. The number of hydrazone groups is 1. The number of morpholine rings is 1. The summed E-state index contributed by atoms with van der Waals surface area (Å²) in [6.07, 6.45) is 1.67. The van der Waals surface area contributed by atoms with Crippen molar-refractivity contribution in [3.05, 3.63) is 46.8 Å². The fourth-order valence-corrected chi connectivity index (χ4v) is 3.38. The van der Waals surface area contributed by atoms with Gasteiger partial charge < -0.3 is 14.4 Å². The molecule has 25 heavy (non-hydrogen) atoms. The van der Waals surface area contributed by atoms with Crippen molar-refractivity contribution in [1.29, 1.82) is 0 Å². The molecule has 1 fully saturated rings. The van der Waals surface area contributed by atoms with Crippen LogP contribution in [0.1, 0.15) is 22.2 Å². The lowest BCUT2D eigenvalue weighted by Gasteiger charge is -2.27. The lowest BCUT2D eigenvalue weighted by Crippen LogP contribution is -2.35. The maximum atomic E-state index is 12.1. The van der Waals surface area contributed by atoms with E-state index in [0.29, 0.717) is 12.2 Å². The van der Waals surface area contributed by atoms with Gasteiger partial charge in [0.2, 0.25) is 0 Å². The second kappa shape index (κ2) is 8.64. The Morgan fingerprint density at radius 3 is 2.76 bits per heavy atom. The first-order valence-corrected chi connectivity index (χ1v) is 9.06. The largest absolute Gasteiger partial charge is 0.494 e. The van der Waals surface area contributed by atoms with E-state index < -0.39 is 0 Å². The van der Waals surface area contributed by atoms with Gasteiger partial charge in [0, 0.05) is 23.5 Å². The first-order valence-electron chi connectivity index (χ1n) is 8.25. The molecular formula is C18H21N3O3S. The van der Waals surface area contributed by atoms with Crippen LogP contribution in [0.15, 0.2) is 41.5 Å². The molecule has 1 aliphatic heterocycles. The number of carbonyl (C=O) groups excluding carboxylic acids is 1. The standard InChI is InChI=1S/C18H21N3O3S/c1-2-24-15-5-3-14(4-6-15)18(22)20-19-13-16-7-8-17(25-16)21-9-11-23-12-10-21/h3-8,13H,2,9-12H2,1H3,(H,20,22)/b19-13+. The molecule has 7 heteroatoms. The van der Waals surface area contributed by atoms with Gasteiger partial charge in [0.1, 0.15) is 5.75 Å². The van der Waals surface area contributed by atoms with E-state index in [0.717, 1.165) is 36.9 Å². The van der Waals surface area contributed by atoms with E-state index in [9.17, 15) is 4.79 Å². The van der Waals surface area contributed by atoms with Crippen molar-refractivity contribution in [2.75, 3.05) is 37.8 Å². The Balaban J connectivity index is 1.53. The molecule has 1 amide bonds. The molecule has 0 unspecified atom stereocenters. The van der Waals surface area contributed by atoms with Gasteiger partial charge in [-0.1, -0.05) is 0 Å². The molecule has 1 N–H and O–H groups in total.